The van der Waals surface area contributed by atoms with Gasteiger partial charge in [-0.15, -0.1) is 0 Å². The van der Waals surface area contributed by atoms with Gasteiger partial charge in [0.05, 0.1) is 7.11 Å². The molecule has 2 amide bonds. The Morgan fingerprint density at radius 3 is 2.38 bits per heavy atom. The number of piperidine rings is 1. The predicted molar refractivity (Wildman–Crippen MR) is 164 cm³/mol. The first-order valence-electron chi connectivity index (χ1n) is 15.0. The number of benzene rings is 3. The monoisotopic (exact) mass is 570 g/mol. The topological polar surface area (TPSA) is 97.1 Å². The first-order valence-corrected chi connectivity index (χ1v) is 15.0. The second-order valence-corrected chi connectivity index (χ2v) is 11.3. The average molecular weight is 571 g/mol. The van der Waals surface area contributed by atoms with E-state index < -0.39 is 11.8 Å². The number of unbranched alkanes of at least 4 members (excludes halogenated alkanes) is 1. The number of carbonyl (C=O) groups excluding carboxylic acids is 2. The van der Waals surface area contributed by atoms with Crippen molar-refractivity contribution in [1.82, 2.24) is 15.1 Å². The van der Waals surface area contributed by atoms with Crippen LogP contribution in [-0.4, -0.2) is 61.3 Å². The van der Waals surface area contributed by atoms with Gasteiger partial charge in [0.15, 0.2) is 6.61 Å². The molecule has 2 atom stereocenters. The molecule has 2 heterocycles. The maximum absolute atomic E-state index is 14.2. The molecule has 2 saturated heterocycles. The molecule has 2 fully saturated rings. The van der Waals surface area contributed by atoms with Crippen LogP contribution in [-0.2, 0) is 15.1 Å². The lowest BCUT2D eigenvalue weighted by molar-refractivity contribution is -0.137. The summed E-state index contributed by atoms with van der Waals surface area (Å²) in [5, 5.41) is 3.52. The van der Waals surface area contributed by atoms with Gasteiger partial charge >= 0.3 is 0 Å². The van der Waals surface area contributed by atoms with Gasteiger partial charge in [-0.25, -0.2) is 0 Å². The number of nitrogens with zero attached hydrogens (tertiary/aromatic N) is 2. The van der Waals surface area contributed by atoms with Crippen LogP contribution in [0.25, 0.3) is 11.1 Å². The molecule has 8 heteroatoms. The summed E-state index contributed by atoms with van der Waals surface area (Å²) < 4.78 is 11.1. The highest BCUT2D eigenvalue weighted by Gasteiger charge is 2.51. The van der Waals surface area contributed by atoms with Crippen LogP contribution in [0.4, 0.5) is 0 Å². The van der Waals surface area contributed by atoms with Crippen LogP contribution in [0.2, 0.25) is 0 Å². The number of nitrogens with one attached hydrogen (secondary N) is 1. The standard InChI is InChI=1S/C34H42N4O4/c1-3-4-18-34(28-12-8-10-26(21-28)27-11-9-15-30(22-27)41-2)32(40)38(33(35)36-34)23-25-16-19-37(20-17-25)31(39)24-42-29-13-6-5-7-14-29/h5-15,21-22,25,33,36H,3-4,16-20,23-24,35H2,1-2H3. The summed E-state index contributed by atoms with van der Waals surface area (Å²) in [6.07, 6.45) is 3.61. The quantitative estimate of drug-likeness (QED) is 0.346. The number of nitrogens with two attached hydrogens (primary N) is 1. The van der Waals surface area contributed by atoms with Gasteiger partial charge in [0.2, 0.25) is 5.91 Å². The smallest absolute Gasteiger partial charge is 0.260 e. The third kappa shape index (κ3) is 6.45. The van der Waals surface area contributed by atoms with Crippen molar-refractivity contribution in [3.05, 3.63) is 84.4 Å². The normalized spacial score (nSPS) is 21.0. The fourth-order valence-corrected chi connectivity index (χ4v) is 6.10. The summed E-state index contributed by atoms with van der Waals surface area (Å²) in [4.78, 5) is 30.6. The van der Waals surface area contributed by atoms with Gasteiger partial charge in [0, 0.05) is 19.6 Å². The van der Waals surface area contributed by atoms with Crippen LogP contribution < -0.4 is 20.5 Å². The molecular weight excluding hydrogens is 528 g/mol. The van der Waals surface area contributed by atoms with E-state index in [9.17, 15) is 9.59 Å². The van der Waals surface area contributed by atoms with E-state index in [2.05, 4.69) is 24.4 Å². The van der Waals surface area contributed by atoms with Crippen molar-refractivity contribution in [1.29, 1.82) is 0 Å². The van der Waals surface area contributed by atoms with E-state index in [1.807, 2.05) is 76.5 Å². The Balaban J connectivity index is 1.26. The summed E-state index contributed by atoms with van der Waals surface area (Å²) >= 11 is 0. The van der Waals surface area contributed by atoms with Crippen LogP contribution >= 0.6 is 0 Å². The number of rotatable bonds is 11. The Labute approximate surface area is 248 Å². The van der Waals surface area contributed by atoms with Crippen LogP contribution in [0.1, 0.15) is 44.6 Å². The van der Waals surface area contributed by atoms with Crippen molar-refractivity contribution in [2.75, 3.05) is 33.4 Å². The minimum absolute atomic E-state index is 0.0116. The van der Waals surface area contributed by atoms with Crippen LogP contribution in [0.5, 0.6) is 11.5 Å². The highest BCUT2D eigenvalue weighted by Crippen LogP contribution is 2.38. The first kappa shape index (κ1) is 29.6. The maximum atomic E-state index is 14.2. The molecule has 3 aromatic rings. The summed E-state index contributed by atoms with van der Waals surface area (Å²) in [5.74, 6) is 1.77. The van der Waals surface area contributed by atoms with Gasteiger partial charge in [-0.2, -0.15) is 0 Å². The zero-order chi connectivity index (χ0) is 29.5. The van der Waals surface area contributed by atoms with Crippen molar-refractivity contribution in [2.24, 2.45) is 11.7 Å². The van der Waals surface area contributed by atoms with Crippen LogP contribution in [0.3, 0.4) is 0 Å². The first-order chi connectivity index (χ1) is 20.4. The number of para-hydroxylation sites is 1. The van der Waals surface area contributed by atoms with E-state index >= 15 is 0 Å². The van der Waals surface area contributed by atoms with E-state index in [4.69, 9.17) is 15.2 Å². The second-order valence-electron chi connectivity index (χ2n) is 11.3. The highest BCUT2D eigenvalue weighted by molar-refractivity contribution is 5.90. The molecule has 2 aliphatic heterocycles. The molecule has 0 spiro atoms. The average Bonchev–Trinajstić information content (AvgIpc) is 3.28. The number of likely N-dealkylation sites (tertiary alicyclic amines) is 1. The Morgan fingerprint density at radius 1 is 0.976 bits per heavy atom. The number of ether oxygens (including phenoxy) is 2. The van der Waals surface area contributed by atoms with E-state index in [-0.39, 0.29) is 24.3 Å². The van der Waals surface area contributed by atoms with Gasteiger partial charge < -0.3 is 19.3 Å². The molecule has 2 aliphatic rings. The van der Waals surface area contributed by atoms with E-state index in [0.717, 1.165) is 48.1 Å². The SMILES string of the molecule is CCCCC1(c2cccc(-c3cccc(OC)c3)c2)NC(N)N(CC2CCN(C(=O)COc3ccccc3)CC2)C1=O. The molecule has 5 rings (SSSR count). The molecule has 0 bridgehead atoms. The Morgan fingerprint density at radius 2 is 1.67 bits per heavy atom. The molecule has 3 N–H and O–H groups in total. The lowest BCUT2D eigenvalue weighted by atomic mass is 9.83. The molecular formula is C34H42N4O4. The summed E-state index contributed by atoms with van der Waals surface area (Å²) in [6.45, 7) is 4.03. The van der Waals surface area contributed by atoms with Gasteiger partial charge in [-0.05, 0) is 72.2 Å². The molecule has 8 nitrogen and oxygen atoms in total. The molecule has 222 valence electrons. The van der Waals surface area contributed by atoms with E-state index in [0.29, 0.717) is 31.8 Å². The fourth-order valence-electron chi connectivity index (χ4n) is 6.10. The Kier molecular flexibility index (Phi) is 9.45. The zero-order valence-corrected chi connectivity index (χ0v) is 24.6. The molecule has 0 aromatic heterocycles. The van der Waals surface area contributed by atoms with Crippen molar-refractivity contribution >= 4 is 11.8 Å². The molecule has 42 heavy (non-hydrogen) atoms. The van der Waals surface area contributed by atoms with Crippen LogP contribution in [0, 0.1) is 5.92 Å². The maximum Gasteiger partial charge on any atom is 0.260 e. The van der Waals surface area contributed by atoms with Gasteiger partial charge in [0.25, 0.3) is 5.91 Å². The molecule has 0 aliphatic carbocycles. The molecule has 3 aromatic carbocycles. The third-order valence-electron chi connectivity index (χ3n) is 8.55. The van der Waals surface area contributed by atoms with Gasteiger partial charge in [0.1, 0.15) is 23.3 Å². The number of carbonyl (C=O) groups is 2. The predicted octanol–water partition coefficient (Wildman–Crippen LogP) is 4.74. The number of amides is 2. The fraction of sp³-hybridized carbons (Fsp3) is 0.412. The minimum Gasteiger partial charge on any atom is -0.497 e. The van der Waals surface area contributed by atoms with Crippen molar-refractivity contribution in [2.45, 2.75) is 50.9 Å². The number of hydrogen-bond acceptors (Lipinski definition) is 6. The van der Waals surface area contributed by atoms with Crippen molar-refractivity contribution < 1.29 is 19.1 Å². The van der Waals surface area contributed by atoms with E-state index in [1.165, 1.54) is 0 Å². The molecule has 0 saturated carbocycles. The van der Waals surface area contributed by atoms with Crippen molar-refractivity contribution in [3.63, 3.8) is 0 Å². The van der Waals surface area contributed by atoms with E-state index in [1.54, 1.807) is 7.11 Å². The summed E-state index contributed by atoms with van der Waals surface area (Å²) in [7, 11) is 1.66. The second kappa shape index (κ2) is 13.4. The molecule has 0 radical (unpaired) electrons. The Bertz CT molecular complexity index is 1360. The van der Waals surface area contributed by atoms with Gasteiger partial charge in [-0.1, -0.05) is 68.3 Å². The zero-order valence-electron chi connectivity index (χ0n) is 24.6. The molecule has 2 unspecified atom stereocenters. The lowest BCUT2D eigenvalue weighted by Crippen LogP contribution is -2.49. The van der Waals surface area contributed by atoms with Crippen LogP contribution in [0.15, 0.2) is 78.9 Å². The number of methoxy groups -OCH3 is 1. The summed E-state index contributed by atoms with van der Waals surface area (Å²) in [5.41, 5.74) is 8.73. The lowest BCUT2D eigenvalue weighted by Gasteiger charge is -2.35. The largest absolute Gasteiger partial charge is 0.497 e. The highest BCUT2D eigenvalue weighted by atomic mass is 16.5. The van der Waals surface area contributed by atoms with Gasteiger partial charge in [-0.3, -0.25) is 20.6 Å². The minimum atomic E-state index is -0.879. The number of hydrogen-bond donors (Lipinski definition) is 2. The van der Waals surface area contributed by atoms with Crippen molar-refractivity contribution in [3.8, 4) is 22.6 Å². The summed E-state index contributed by atoms with van der Waals surface area (Å²) in [6, 6.07) is 25.5. The Hall–Kier alpha value is -3.88. The third-order valence-corrected chi connectivity index (χ3v) is 8.55.